The monoisotopic (exact) mass is 313 g/mol. The molecule has 1 aliphatic carbocycles. The van der Waals surface area contributed by atoms with E-state index in [4.69, 9.17) is 0 Å². The predicted octanol–water partition coefficient (Wildman–Crippen LogP) is 0.558. The molecule has 1 aliphatic heterocycles. The van der Waals surface area contributed by atoms with Crippen LogP contribution in [0.15, 0.2) is 12.4 Å². The van der Waals surface area contributed by atoms with Crippen LogP contribution in [0.2, 0.25) is 0 Å². The summed E-state index contributed by atoms with van der Waals surface area (Å²) in [5.74, 6) is 0.607. The lowest BCUT2D eigenvalue weighted by molar-refractivity contribution is 0.223. The molecule has 118 valence electrons. The highest BCUT2D eigenvalue weighted by Crippen LogP contribution is 2.35. The highest BCUT2D eigenvalue weighted by atomic mass is 32.2. The maximum atomic E-state index is 12.5. The van der Waals surface area contributed by atoms with Crippen molar-refractivity contribution in [2.24, 2.45) is 18.9 Å². The van der Waals surface area contributed by atoms with Crippen LogP contribution in [0.4, 0.5) is 0 Å². The third kappa shape index (κ3) is 3.00. The van der Waals surface area contributed by atoms with Crippen LogP contribution >= 0.6 is 0 Å². The van der Waals surface area contributed by atoms with Gasteiger partial charge in [0.1, 0.15) is 0 Å². The van der Waals surface area contributed by atoms with Gasteiger partial charge in [0, 0.05) is 44.8 Å². The number of sulfonamides is 1. The van der Waals surface area contributed by atoms with Crippen LogP contribution in [-0.2, 0) is 17.1 Å². The molecular formula is C14H23N3O3S. The summed E-state index contributed by atoms with van der Waals surface area (Å²) in [6.45, 7) is 0.895. The molecule has 3 rings (SSSR count). The first-order valence-electron chi connectivity index (χ1n) is 7.57. The lowest BCUT2D eigenvalue weighted by Crippen LogP contribution is -2.35. The summed E-state index contributed by atoms with van der Waals surface area (Å²) in [6, 6.07) is 0. The minimum absolute atomic E-state index is 0.00894. The molecule has 2 atom stereocenters. The first-order valence-corrected chi connectivity index (χ1v) is 9.17. The Morgan fingerprint density at radius 1 is 1.38 bits per heavy atom. The van der Waals surface area contributed by atoms with Crippen LogP contribution < -0.4 is 0 Å². The van der Waals surface area contributed by atoms with Gasteiger partial charge >= 0.3 is 0 Å². The zero-order valence-corrected chi connectivity index (χ0v) is 13.2. The highest BCUT2D eigenvalue weighted by Gasteiger charge is 2.40. The van der Waals surface area contributed by atoms with Gasteiger partial charge in [0.05, 0.1) is 11.9 Å². The second-order valence-electron chi connectivity index (χ2n) is 6.39. The average Bonchev–Trinajstić information content (AvgIpc) is 3.00. The molecular weight excluding hydrogens is 290 g/mol. The number of rotatable bonds is 5. The normalized spacial score (nSPS) is 27.9. The topological polar surface area (TPSA) is 75.4 Å². The average molecular weight is 313 g/mol. The molecule has 1 N–H and O–H groups in total. The minimum atomic E-state index is -3.20. The molecule has 1 aromatic heterocycles. The van der Waals surface area contributed by atoms with Crippen molar-refractivity contribution in [3.05, 3.63) is 18.0 Å². The molecule has 1 aromatic rings. The van der Waals surface area contributed by atoms with Gasteiger partial charge in [-0.05, 0) is 24.3 Å². The summed E-state index contributed by atoms with van der Waals surface area (Å²) in [4.78, 5) is 0. The lowest BCUT2D eigenvalue weighted by Gasteiger charge is -2.27. The van der Waals surface area contributed by atoms with Gasteiger partial charge in [0.15, 0.2) is 0 Å². The van der Waals surface area contributed by atoms with E-state index in [0.29, 0.717) is 19.0 Å². The number of aliphatic hydroxyl groups excluding tert-OH is 1. The summed E-state index contributed by atoms with van der Waals surface area (Å²) >= 11 is 0. The fourth-order valence-corrected chi connectivity index (χ4v) is 5.26. The van der Waals surface area contributed by atoms with E-state index in [0.717, 1.165) is 24.8 Å². The molecule has 0 bridgehead atoms. The highest BCUT2D eigenvalue weighted by molar-refractivity contribution is 7.89. The van der Waals surface area contributed by atoms with Crippen LogP contribution in [0.25, 0.3) is 0 Å². The van der Waals surface area contributed by atoms with Crippen LogP contribution in [0, 0.1) is 11.8 Å². The Bertz CT molecular complexity index is 594. The van der Waals surface area contributed by atoms with E-state index in [9.17, 15) is 13.5 Å². The zero-order chi connectivity index (χ0) is 15.0. The van der Waals surface area contributed by atoms with E-state index in [1.165, 1.54) is 0 Å². The number of hydrogen-bond donors (Lipinski definition) is 1. The summed E-state index contributed by atoms with van der Waals surface area (Å²) in [5.41, 5.74) is 1.01. The Morgan fingerprint density at radius 3 is 2.67 bits per heavy atom. The Morgan fingerprint density at radius 2 is 2.14 bits per heavy atom. The predicted molar refractivity (Wildman–Crippen MR) is 79.2 cm³/mol. The van der Waals surface area contributed by atoms with E-state index in [-0.39, 0.29) is 24.2 Å². The molecule has 1 saturated carbocycles. The Kier molecular flexibility index (Phi) is 4.07. The molecule has 1 saturated heterocycles. The molecule has 0 spiro atoms. The van der Waals surface area contributed by atoms with Gasteiger partial charge in [-0.15, -0.1) is 0 Å². The summed E-state index contributed by atoms with van der Waals surface area (Å²) in [5, 5.41) is 13.7. The van der Waals surface area contributed by atoms with Crippen LogP contribution in [0.3, 0.4) is 0 Å². The van der Waals surface area contributed by atoms with E-state index >= 15 is 0 Å². The van der Waals surface area contributed by atoms with E-state index in [2.05, 4.69) is 5.10 Å². The van der Waals surface area contributed by atoms with Crippen molar-refractivity contribution in [3.8, 4) is 0 Å². The fourth-order valence-electron chi connectivity index (χ4n) is 3.32. The Balaban J connectivity index is 1.74. The van der Waals surface area contributed by atoms with Crippen molar-refractivity contribution >= 4 is 10.0 Å². The SMILES string of the molecule is Cn1cc([C@@H]2CN(S(=O)(=O)CC3CCC3)C[C@H]2CO)cn1. The molecule has 2 aliphatic rings. The Labute approximate surface area is 125 Å². The van der Waals surface area contributed by atoms with Crippen molar-refractivity contribution < 1.29 is 13.5 Å². The van der Waals surface area contributed by atoms with Gasteiger partial charge in [-0.1, -0.05) is 6.42 Å². The van der Waals surface area contributed by atoms with Gasteiger partial charge < -0.3 is 5.11 Å². The second-order valence-corrected chi connectivity index (χ2v) is 8.40. The minimum Gasteiger partial charge on any atom is -0.396 e. The first kappa shape index (κ1) is 15.0. The molecule has 7 heteroatoms. The third-order valence-corrected chi connectivity index (χ3v) is 6.84. The van der Waals surface area contributed by atoms with Gasteiger partial charge in [0.2, 0.25) is 10.0 Å². The molecule has 0 aromatic carbocycles. The number of aromatic nitrogens is 2. The Hall–Kier alpha value is -0.920. The smallest absolute Gasteiger partial charge is 0.214 e. The van der Waals surface area contributed by atoms with Gasteiger partial charge in [-0.2, -0.15) is 5.10 Å². The number of aliphatic hydroxyl groups is 1. The largest absolute Gasteiger partial charge is 0.396 e. The fraction of sp³-hybridized carbons (Fsp3) is 0.786. The number of nitrogens with zero attached hydrogens (tertiary/aromatic N) is 3. The van der Waals surface area contributed by atoms with E-state index < -0.39 is 10.0 Å². The summed E-state index contributed by atoms with van der Waals surface area (Å²) in [6.07, 6.45) is 6.90. The summed E-state index contributed by atoms with van der Waals surface area (Å²) in [7, 11) is -1.36. The second kappa shape index (κ2) is 5.70. The molecule has 21 heavy (non-hydrogen) atoms. The maximum Gasteiger partial charge on any atom is 0.214 e. The van der Waals surface area contributed by atoms with Gasteiger partial charge in [-0.3, -0.25) is 4.68 Å². The molecule has 2 heterocycles. The van der Waals surface area contributed by atoms with Crippen molar-refractivity contribution in [2.45, 2.75) is 25.2 Å². The lowest BCUT2D eigenvalue weighted by atomic mass is 9.87. The van der Waals surface area contributed by atoms with Crippen molar-refractivity contribution in [1.29, 1.82) is 0 Å². The first-order chi connectivity index (χ1) is 9.99. The molecule has 0 amide bonds. The van der Waals surface area contributed by atoms with E-state index in [1.54, 1.807) is 15.2 Å². The standard InChI is InChI=1S/C14H23N3O3S/c1-16-6-12(5-15-16)14-8-17(7-13(14)9-18)21(19,20)10-11-3-2-4-11/h5-6,11,13-14,18H,2-4,7-10H2,1H3/t13-,14-/m0/s1. The number of hydrogen-bond acceptors (Lipinski definition) is 4. The van der Waals surface area contributed by atoms with Crippen LogP contribution in [0.1, 0.15) is 30.7 Å². The van der Waals surface area contributed by atoms with E-state index in [1.807, 2.05) is 13.2 Å². The molecule has 6 nitrogen and oxygen atoms in total. The van der Waals surface area contributed by atoms with Crippen LogP contribution in [-0.4, -0.2) is 53.1 Å². The third-order valence-electron chi connectivity index (χ3n) is 4.86. The van der Waals surface area contributed by atoms with Crippen molar-refractivity contribution in [1.82, 2.24) is 14.1 Å². The molecule has 0 unspecified atom stereocenters. The van der Waals surface area contributed by atoms with Crippen LogP contribution in [0.5, 0.6) is 0 Å². The van der Waals surface area contributed by atoms with Crippen molar-refractivity contribution in [2.75, 3.05) is 25.4 Å². The van der Waals surface area contributed by atoms with Gasteiger partial charge in [0.25, 0.3) is 0 Å². The summed E-state index contributed by atoms with van der Waals surface area (Å²) < 4.78 is 28.3. The van der Waals surface area contributed by atoms with Gasteiger partial charge in [-0.25, -0.2) is 12.7 Å². The van der Waals surface area contributed by atoms with Crippen molar-refractivity contribution in [3.63, 3.8) is 0 Å². The zero-order valence-electron chi connectivity index (χ0n) is 12.4. The quantitative estimate of drug-likeness (QED) is 0.862. The number of aryl methyl sites for hydroxylation is 1. The molecule has 2 fully saturated rings. The molecule has 0 radical (unpaired) electrons. The maximum absolute atomic E-state index is 12.5.